The molecule has 5 heteroatoms. The molecular weight excluding hydrogens is 178 g/mol. The Morgan fingerprint density at radius 1 is 1.69 bits per heavy atom. The van der Waals surface area contributed by atoms with E-state index in [1.165, 1.54) is 0 Å². The van der Waals surface area contributed by atoms with Gasteiger partial charge < -0.3 is 10.6 Å². The summed E-state index contributed by atoms with van der Waals surface area (Å²) in [6.45, 7) is 3.09. The molecule has 0 aliphatic carbocycles. The minimum absolute atomic E-state index is 0.204. The van der Waals surface area contributed by atoms with Crippen LogP contribution in [0.25, 0.3) is 0 Å². The minimum atomic E-state index is -2.91. The van der Waals surface area contributed by atoms with Gasteiger partial charge >= 0.3 is 6.43 Å². The maximum absolute atomic E-state index is 11.8. The smallest absolute Gasteiger partial charge is 0.315 e. The van der Waals surface area contributed by atoms with E-state index < -0.39 is 12.3 Å². The highest BCUT2D eigenvalue weighted by Gasteiger charge is 2.29. The molecule has 1 heterocycles. The van der Waals surface area contributed by atoms with Gasteiger partial charge in [-0.15, -0.1) is 0 Å². The highest BCUT2D eigenvalue weighted by Crippen LogP contribution is 2.17. The molecule has 0 aromatic rings. The van der Waals surface area contributed by atoms with Crippen molar-refractivity contribution in [1.29, 1.82) is 0 Å². The fourth-order valence-electron chi connectivity index (χ4n) is 1.47. The predicted octanol–water partition coefficient (Wildman–Crippen LogP) is 0.510. The van der Waals surface area contributed by atoms with Crippen LogP contribution in [0, 0.1) is 0 Å². The molecule has 0 aromatic heterocycles. The largest absolute Gasteiger partial charge is 0.349 e. The quantitative estimate of drug-likeness (QED) is 0.684. The molecule has 1 aliphatic heterocycles. The third-order valence-electron chi connectivity index (χ3n) is 2.31. The fourth-order valence-corrected chi connectivity index (χ4v) is 1.47. The standard InChI is InChI=1S/C8H14F2N2O/c1-8(3-2-4-12-8)5-11-7(13)6(9)10/h6,12H,2-5H2,1H3,(H,11,13). The average molecular weight is 192 g/mol. The molecule has 0 spiro atoms. The number of rotatable bonds is 3. The molecule has 1 atom stereocenters. The van der Waals surface area contributed by atoms with Crippen LogP contribution in [0.2, 0.25) is 0 Å². The summed E-state index contributed by atoms with van der Waals surface area (Å²) in [6.07, 6.45) is -0.970. The zero-order valence-electron chi connectivity index (χ0n) is 7.57. The van der Waals surface area contributed by atoms with Gasteiger partial charge in [0.05, 0.1) is 0 Å². The van der Waals surface area contributed by atoms with E-state index in [4.69, 9.17) is 0 Å². The molecule has 1 rings (SSSR count). The van der Waals surface area contributed by atoms with Crippen LogP contribution >= 0.6 is 0 Å². The maximum atomic E-state index is 11.8. The van der Waals surface area contributed by atoms with E-state index in [2.05, 4.69) is 10.6 Å². The van der Waals surface area contributed by atoms with Crippen LogP contribution in [0.15, 0.2) is 0 Å². The first kappa shape index (κ1) is 10.4. The number of carbonyl (C=O) groups excluding carboxylic acids is 1. The number of hydrogen-bond acceptors (Lipinski definition) is 2. The highest BCUT2D eigenvalue weighted by atomic mass is 19.3. The Labute approximate surface area is 75.9 Å². The lowest BCUT2D eigenvalue weighted by atomic mass is 10.0. The van der Waals surface area contributed by atoms with Crippen LogP contribution in [0.3, 0.4) is 0 Å². The lowest BCUT2D eigenvalue weighted by molar-refractivity contribution is -0.132. The summed E-state index contributed by atoms with van der Waals surface area (Å²) >= 11 is 0. The second kappa shape index (κ2) is 4.00. The van der Waals surface area contributed by atoms with Gasteiger partial charge in [-0.05, 0) is 26.3 Å². The van der Waals surface area contributed by atoms with E-state index in [0.717, 1.165) is 19.4 Å². The van der Waals surface area contributed by atoms with Crippen molar-refractivity contribution in [1.82, 2.24) is 10.6 Å². The van der Waals surface area contributed by atoms with E-state index in [1.807, 2.05) is 6.92 Å². The van der Waals surface area contributed by atoms with Crippen molar-refractivity contribution in [2.45, 2.75) is 31.7 Å². The molecule has 1 fully saturated rings. The second-order valence-corrected chi connectivity index (χ2v) is 3.61. The van der Waals surface area contributed by atoms with Crippen molar-refractivity contribution < 1.29 is 13.6 Å². The summed E-state index contributed by atoms with van der Waals surface area (Å²) in [5, 5.41) is 5.38. The van der Waals surface area contributed by atoms with Gasteiger partial charge in [-0.2, -0.15) is 8.78 Å². The Bertz CT molecular complexity index is 191. The topological polar surface area (TPSA) is 41.1 Å². The molecule has 13 heavy (non-hydrogen) atoms. The average Bonchev–Trinajstić information content (AvgIpc) is 2.48. The van der Waals surface area contributed by atoms with Gasteiger partial charge in [-0.1, -0.05) is 0 Å². The molecule has 1 amide bonds. The molecule has 2 N–H and O–H groups in total. The fraction of sp³-hybridized carbons (Fsp3) is 0.875. The summed E-state index contributed by atoms with van der Waals surface area (Å²) in [5.41, 5.74) is -0.204. The summed E-state index contributed by atoms with van der Waals surface area (Å²) in [5.74, 6) is -1.19. The summed E-state index contributed by atoms with van der Waals surface area (Å²) in [7, 11) is 0. The van der Waals surface area contributed by atoms with E-state index >= 15 is 0 Å². The molecule has 0 bridgehead atoms. The Morgan fingerprint density at radius 2 is 2.38 bits per heavy atom. The number of nitrogens with one attached hydrogen (secondary N) is 2. The molecule has 1 aliphatic rings. The van der Waals surface area contributed by atoms with Crippen molar-refractivity contribution in [2.24, 2.45) is 0 Å². The van der Waals surface area contributed by atoms with E-state index in [-0.39, 0.29) is 12.1 Å². The summed E-state index contributed by atoms with van der Waals surface area (Å²) < 4.78 is 23.6. The third kappa shape index (κ3) is 2.91. The van der Waals surface area contributed by atoms with Crippen molar-refractivity contribution in [2.75, 3.05) is 13.1 Å². The van der Waals surface area contributed by atoms with Gasteiger partial charge in [0.15, 0.2) is 0 Å². The highest BCUT2D eigenvalue weighted by molar-refractivity contribution is 5.79. The lowest BCUT2D eigenvalue weighted by Crippen LogP contribution is -2.48. The molecule has 0 saturated carbocycles. The monoisotopic (exact) mass is 192 g/mol. The number of carbonyl (C=O) groups is 1. The van der Waals surface area contributed by atoms with Gasteiger partial charge in [0, 0.05) is 12.1 Å². The van der Waals surface area contributed by atoms with Crippen molar-refractivity contribution in [3.8, 4) is 0 Å². The van der Waals surface area contributed by atoms with Crippen LogP contribution in [0.5, 0.6) is 0 Å². The van der Waals surface area contributed by atoms with Crippen LogP contribution in [0.4, 0.5) is 8.78 Å². The Hall–Kier alpha value is -0.710. The van der Waals surface area contributed by atoms with Crippen LogP contribution < -0.4 is 10.6 Å². The van der Waals surface area contributed by atoms with Crippen LogP contribution in [0.1, 0.15) is 19.8 Å². The van der Waals surface area contributed by atoms with Crippen molar-refractivity contribution >= 4 is 5.91 Å². The van der Waals surface area contributed by atoms with Gasteiger partial charge in [0.2, 0.25) is 0 Å². The summed E-state index contributed by atoms with van der Waals surface area (Å²) in [4.78, 5) is 10.6. The molecule has 1 unspecified atom stereocenters. The Balaban J connectivity index is 2.29. The number of amides is 1. The zero-order chi connectivity index (χ0) is 9.90. The van der Waals surface area contributed by atoms with Gasteiger partial charge in [-0.25, -0.2) is 0 Å². The normalized spacial score (nSPS) is 28.0. The van der Waals surface area contributed by atoms with Crippen molar-refractivity contribution in [3.63, 3.8) is 0 Å². The molecule has 3 nitrogen and oxygen atoms in total. The van der Waals surface area contributed by atoms with E-state index in [0.29, 0.717) is 0 Å². The zero-order valence-corrected chi connectivity index (χ0v) is 7.57. The summed E-state index contributed by atoms with van der Waals surface area (Å²) in [6, 6.07) is 0. The molecule has 1 saturated heterocycles. The molecular formula is C8H14F2N2O. The second-order valence-electron chi connectivity index (χ2n) is 3.61. The minimum Gasteiger partial charge on any atom is -0.349 e. The third-order valence-corrected chi connectivity index (χ3v) is 2.31. The van der Waals surface area contributed by atoms with Gasteiger partial charge in [-0.3, -0.25) is 4.79 Å². The first-order valence-electron chi connectivity index (χ1n) is 4.34. The SMILES string of the molecule is CC1(CNC(=O)C(F)F)CCCN1. The first-order chi connectivity index (χ1) is 6.03. The van der Waals surface area contributed by atoms with Gasteiger partial charge in [0.1, 0.15) is 0 Å². The Kier molecular flexibility index (Phi) is 3.19. The Morgan fingerprint density at radius 3 is 2.85 bits per heavy atom. The van der Waals surface area contributed by atoms with Crippen LogP contribution in [-0.4, -0.2) is 31.0 Å². The van der Waals surface area contributed by atoms with Gasteiger partial charge in [0.25, 0.3) is 5.91 Å². The number of alkyl halides is 2. The molecule has 76 valence electrons. The molecule has 0 aromatic carbocycles. The molecule has 0 radical (unpaired) electrons. The lowest BCUT2D eigenvalue weighted by Gasteiger charge is -2.24. The van der Waals surface area contributed by atoms with Crippen molar-refractivity contribution in [3.05, 3.63) is 0 Å². The predicted molar refractivity (Wildman–Crippen MR) is 44.7 cm³/mol. The van der Waals surface area contributed by atoms with E-state index in [1.54, 1.807) is 0 Å². The van der Waals surface area contributed by atoms with E-state index in [9.17, 15) is 13.6 Å². The first-order valence-corrected chi connectivity index (χ1v) is 4.34. The number of halogens is 2. The van der Waals surface area contributed by atoms with Crippen LogP contribution in [-0.2, 0) is 4.79 Å². The number of hydrogen-bond donors (Lipinski definition) is 2. The maximum Gasteiger partial charge on any atom is 0.315 e.